The number of hydrogen-bond donors (Lipinski definition) is 2. The van der Waals surface area contributed by atoms with Gasteiger partial charge in [0.2, 0.25) is 10.0 Å². The summed E-state index contributed by atoms with van der Waals surface area (Å²) >= 11 is 0. The molecule has 0 aliphatic rings. The zero-order valence-electron chi connectivity index (χ0n) is 13.2. The van der Waals surface area contributed by atoms with E-state index in [0.717, 1.165) is 0 Å². The van der Waals surface area contributed by atoms with Crippen LogP contribution >= 0.6 is 0 Å². The Labute approximate surface area is 141 Å². The number of anilines is 1. The molecule has 0 atom stereocenters. The van der Waals surface area contributed by atoms with Crippen molar-refractivity contribution in [3.63, 3.8) is 0 Å². The van der Waals surface area contributed by atoms with E-state index < -0.39 is 15.9 Å². The first-order valence-corrected chi connectivity index (χ1v) is 8.63. The second-order valence-corrected chi connectivity index (χ2v) is 6.70. The summed E-state index contributed by atoms with van der Waals surface area (Å²) in [6.07, 6.45) is 1.64. The van der Waals surface area contributed by atoms with Crippen LogP contribution < -0.4 is 14.8 Å². The lowest BCUT2D eigenvalue weighted by Gasteiger charge is -2.08. The number of hydrogen-bond acceptors (Lipinski definition) is 4. The van der Waals surface area contributed by atoms with E-state index in [1.807, 2.05) is 0 Å². The van der Waals surface area contributed by atoms with Gasteiger partial charge in [-0.05, 0) is 49.5 Å². The van der Waals surface area contributed by atoms with Gasteiger partial charge in [-0.3, -0.25) is 4.79 Å². The van der Waals surface area contributed by atoms with Crippen LogP contribution in [0, 0.1) is 0 Å². The summed E-state index contributed by atoms with van der Waals surface area (Å²) in [5, 5.41) is 2.71. The number of ether oxygens (including phenoxy) is 1. The fourth-order valence-corrected chi connectivity index (χ4v) is 2.69. The van der Waals surface area contributed by atoms with Gasteiger partial charge < -0.3 is 10.1 Å². The van der Waals surface area contributed by atoms with Crippen LogP contribution in [0.25, 0.3) is 0 Å². The first kappa shape index (κ1) is 17.7. The molecule has 0 bridgehead atoms. The van der Waals surface area contributed by atoms with Crippen molar-refractivity contribution >= 4 is 21.6 Å². The Morgan fingerprint density at radius 2 is 1.92 bits per heavy atom. The number of benzene rings is 2. The molecule has 1 amide bonds. The molecule has 0 saturated heterocycles. The fourth-order valence-electron chi connectivity index (χ4n) is 1.92. The predicted molar refractivity (Wildman–Crippen MR) is 92.8 cm³/mol. The molecule has 0 aromatic heterocycles. The van der Waals surface area contributed by atoms with Crippen molar-refractivity contribution in [3.8, 4) is 5.75 Å². The Morgan fingerprint density at radius 1 is 1.21 bits per heavy atom. The summed E-state index contributed by atoms with van der Waals surface area (Å²) in [5.41, 5.74) is 0.825. The molecule has 6 nitrogen and oxygen atoms in total. The number of carbonyl (C=O) groups excluding carboxylic acids is 1. The molecule has 126 valence electrons. The van der Waals surface area contributed by atoms with Crippen molar-refractivity contribution in [2.75, 3.05) is 19.0 Å². The Kier molecular flexibility index (Phi) is 5.73. The third-order valence-electron chi connectivity index (χ3n) is 3.16. The maximum absolute atomic E-state index is 12.3. The molecule has 7 heteroatoms. The van der Waals surface area contributed by atoms with Crippen molar-refractivity contribution < 1.29 is 17.9 Å². The van der Waals surface area contributed by atoms with Crippen LogP contribution in [-0.4, -0.2) is 28.0 Å². The molecule has 0 aliphatic heterocycles. The monoisotopic (exact) mass is 346 g/mol. The van der Waals surface area contributed by atoms with Gasteiger partial charge in [0, 0.05) is 11.3 Å². The summed E-state index contributed by atoms with van der Waals surface area (Å²) in [5.74, 6) is 0.262. The van der Waals surface area contributed by atoms with Crippen LogP contribution in [0.1, 0.15) is 10.4 Å². The fraction of sp³-hybridized carbons (Fsp3) is 0.118. The third-order valence-corrected chi connectivity index (χ3v) is 4.57. The standard InChI is InChI=1S/C17H18N2O4S/c1-3-11-23-15-9-7-14(8-10-15)19-17(20)13-5-4-6-16(12-13)24(21,22)18-2/h3-10,12,18H,1,11H2,2H3,(H,19,20). The minimum absolute atomic E-state index is 0.0332. The molecule has 2 rings (SSSR count). The van der Waals surface area contributed by atoms with Gasteiger partial charge >= 0.3 is 0 Å². The van der Waals surface area contributed by atoms with E-state index in [9.17, 15) is 13.2 Å². The van der Waals surface area contributed by atoms with E-state index in [0.29, 0.717) is 18.0 Å². The zero-order valence-corrected chi connectivity index (χ0v) is 14.0. The molecule has 0 heterocycles. The Bertz CT molecular complexity index is 830. The van der Waals surface area contributed by atoms with Gasteiger partial charge in [-0.2, -0.15) is 0 Å². The predicted octanol–water partition coefficient (Wildman–Crippen LogP) is 2.41. The molecule has 0 spiro atoms. The van der Waals surface area contributed by atoms with Crippen LogP contribution in [-0.2, 0) is 10.0 Å². The summed E-state index contributed by atoms with van der Waals surface area (Å²) in [6.45, 7) is 3.97. The lowest BCUT2D eigenvalue weighted by Crippen LogP contribution is -2.19. The number of rotatable bonds is 7. The van der Waals surface area contributed by atoms with Crippen molar-refractivity contribution in [3.05, 3.63) is 66.7 Å². The molecule has 2 aromatic rings. The number of nitrogens with one attached hydrogen (secondary N) is 2. The first-order chi connectivity index (χ1) is 11.5. The SMILES string of the molecule is C=CCOc1ccc(NC(=O)c2cccc(S(=O)(=O)NC)c2)cc1. The molecule has 0 unspecified atom stereocenters. The normalized spacial score (nSPS) is 10.9. The van der Waals surface area contributed by atoms with Crippen LogP contribution in [0.5, 0.6) is 5.75 Å². The summed E-state index contributed by atoms with van der Waals surface area (Å²) < 4.78 is 31.2. The highest BCUT2D eigenvalue weighted by molar-refractivity contribution is 7.89. The third kappa shape index (κ3) is 4.43. The van der Waals surface area contributed by atoms with E-state index in [1.54, 1.807) is 36.4 Å². The van der Waals surface area contributed by atoms with Crippen molar-refractivity contribution in [2.45, 2.75) is 4.90 Å². The Morgan fingerprint density at radius 3 is 2.54 bits per heavy atom. The van der Waals surface area contributed by atoms with Gasteiger partial charge in [0.05, 0.1) is 4.90 Å². The van der Waals surface area contributed by atoms with Gasteiger partial charge in [0.1, 0.15) is 12.4 Å². The molecular weight excluding hydrogens is 328 g/mol. The average molecular weight is 346 g/mol. The average Bonchev–Trinajstić information content (AvgIpc) is 2.61. The topological polar surface area (TPSA) is 84.5 Å². The van der Waals surface area contributed by atoms with Gasteiger partial charge in [0.15, 0.2) is 0 Å². The molecule has 0 radical (unpaired) electrons. The van der Waals surface area contributed by atoms with Crippen molar-refractivity contribution in [2.24, 2.45) is 0 Å². The summed E-state index contributed by atoms with van der Waals surface area (Å²) in [6, 6.07) is 12.7. The van der Waals surface area contributed by atoms with Gasteiger partial charge in [0.25, 0.3) is 5.91 Å². The van der Waals surface area contributed by atoms with E-state index >= 15 is 0 Å². The van der Waals surface area contributed by atoms with E-state index in [-0.39, 0.29) is 10.5 Å². The zero-order chi connectivity index (χ0) is 17.6. The molecule has 24 heavy (non-hydrogen) atoms. The minimum Gasteiger partial charge on any atom is -0.490 e. The Balaban J connectivity index is 2.12. The minimum atomic E-state index is -3.60. The highest BCUT2D eigenvalue weighted by atomic mass is 32.2. The highest BCUT2D eigenvalue weighted by Gasteiger charge is 2.14. The van der Waals surface area contributed by atoms with E-state index in [2.05, 4.69) is 16.6 Å². The van der Waals surface area contributed by atoms with Crippen LogP contribution in [0.3, 0.4) is 0 Å². The van der Waals surface area contributed by atoms with Crippen molar-refractivity contribution in [1.29, 1.82) is 0 Å². The largest absolute Gasteiger partial charge is 0.490 e. The van der Waals surface area contributed by atoms with Crippen LogP contribution in [0.15, 0.2) is 66.1 Å². The molecular formula is C17H18N2O4S. The summed E-state index contributed by atoms with van der Waals surface area (Å²) in [4.78, 5) is 12.3. The molecule has 2 N–H and O–H groups in total. The van der Waals surface area contributed by atoms with Gasteiger partial charge in [-0.25, -0.2) is 13.1 Å². The van der Waals surface area contributed by atoms with Crippen LogP contribution in [0.2, 0.25) is 0 Å². The lowest BCUT2D eigenvalue weighted by atomic mass is 10.2. The number of sulfonamides is 1. The summed E-state index contributed by atoms with van der Waals surface area (Å²) in [7, 11) is -2.28. The quantitative estimate of drug-likeness (QED) is 0.754. The highest BCUT2D eigenvalue weighted by Crippen LogP contribution is 2.17. The number of carbonyl (C=O) groups is 1. The maximum Gasteiger partial charge on any atom is 0.255 e. The second kappa shape index (κ2) is 7.76. The molecule has 0 fully saturated rings. The lowest BCUT2D eigenvalue weighted by molar-refractivity contribution is 0.102. The van der Waals surface area contributed by atoms with Crippen molar-refractivity contribution in [1.82, 2.24) is 4.72 Å². The number of amides is 1. The Hall–Kier alpha value is -2.64. The van der Waals surface area contributed by atoms with Gasteiger partial charge in [-0.15, -0.1) is 0 Å². The van der Waals surface area contributed by atoms with Crippen LogP contribution in [0.4, 0.5) is 5.69 Å². The first-order valence-electron chi connectivity index (χ1n) is 7.15. The maximum atomic E-state index is 12.3. The second-order valence-electron chi connectivity index (χ2n) is 4.81. The molecule has 2 aromatic carbocycles. The smallest absolute Gasteiger partial charge is 0.255 e. The molecule has 0 saturated carbocycles. The van der Waals surface area contributed by atoms with E-state index in [1.165, 1.54) is 25.2 Å². The molecule has 0 aliphatic carbocycles. The van der Waals surface area contributed by atoms with Gasteiger partial charge in [-0.1, -0.05) is 18.7 Å². The van der Waals surface area contributed by atoms with E-state index in [4.69, 9.17) is 4.74 Å².